The third kappa shape index (κ3) is 4.73. The Bertz CT molecular complexity index is 447. The SMILES string of the molecule is Nc1cc(C(=O)NCCCOCC2CC2)ccc1Cl. The lowest BCUT2D eigenvalue weighted by Crippen LogP contribution is -2.25. The summed E-state index contributed by atoms with van der Waals surface area (Å²) in [5, 5.41) is 3.29. The highest BCUT2D eigenvalue weighted by atomic mass is 35.5. The van der Waals surface area contributed by atoms with E-state index in [0.717, 1.165) is 18.9 Å². The molecule has 5 heteroatoms. The van der Waals surface area contributed by atoms with Gasteiger partial charge in [-0.3, -0.25) is 4.79 Å². The van der Waals surface area contributed by atoms with E-state index >= 15 is 0 Å². The number of nitrogen functional groups attached to an aromatic ring is 1. The number of hydrogen-bond donors (Lipinski definition) is 2. The standard InChI is InChI=1S/C14H19ClN2O2/c15-12-5-4-11(8-13(12)16)14(18)17-6-1-7-19-9-10-2-3-10/h4-5,8,10H,1-3,6-7,9,16H2,(H,17,18). The minimum Gasteiger partial charge on any atom is -0.398 e. The highest BCUT2D eigenvalue weighted by Crippen LogP contribution is 2.28. The normalized spacial score (nSPS) is 14.4. The fourth-order valence-corrected chi connectivity index (χ4v) is 1.82. The first-order valence-corrected chi connectivity index (χ1v) is 6.95. The van der Waals surface area contributed by atoms with Gasteiger partial charge < -0.3 is 15.8 Å². The fourth-order valence-electron chi connectivity index (χ4n) is 1.70. The molecule has 104 valence electrons. The Balaban J connectivity index is 1.63. The van der Waals surface area contributed by atoms with E-state index in [1.807, 2.05) is 0 Å². The van der Waals surface area contributed by atoms with Gasteiger partial charge in [-0.2, -0.15) is 0 Å². The zero-order valence-corrected chi connectivity index (χ0v) is 11.6. The maximum absolute atomic E-state index is 11.8. The maximum atomic E-state index is 11.8. The third-order valence-electron chi connectivity index (χ3n) is 3.06. The summed E-state index contributed by atoms with van der Waals surface area (Å²) in [5.74, 6) is 0.650. The highest BCUT2D eigenvalue weighted by molar-refractivity contribution is 6.33. The molecule has 0 saturated heterocycles. The molecule has 0 aliphatic heterocycles. The summed E-state index contributed by atoms with van der Waals surface area (Å²) in [6.45, 7) is 2.16. The minimum absolute atomic E-state index is 0.134. The lowest BCUT2D eigenvalue weighted by molar-refractivity contribution is 0.0937. The summed E-state index contributed by atoms with van der Waals surface area (Å²) in [5.41, 5.74) is 6.60. The average molecular weight is 283 g/mol. The Kier molecular flexibility index (Phi) is 5.05. The van der Waals surface area contributed by atoms with Gasteiger partial charge in [-0.15, -0.1) is 0 Å². The summed E-state index contributed by atoms with van der Waals surface area (Å²) in [6, 6.07) is 4.88. The predicted molar refractivity (Wildman–Crippen MR) is 76.4 cm³/mol. The van der Waals surface area contributed by atoms with Gasteiger partial charge in [-0.05, 0) is 43.4 Å². The monoisotopic (exact) mass is 282 g/mol. The van der Waals surface area contributed by atoms with E-state index in [1.165, 1.54) is 12.8 Å². The third-order valence-corrected chi connectivity index (χ3v) is 3.40. The van der Waals surface area contributed by atoms with Gasteiger partial charge in [0.25, 0.3) is 5.91 Å². The van der Waals surface area contributed by atoms with Gasteiger partial charge in [-0.25, -0.2) is 0 Å². The van der Waals surface area contributed by atoms with Crippen molar-refractivity contribution in [1.82, 2.24) is 5.32 Å². The molecular formula is C14H19ClN2O2. The van der Waals surface area contributed by atoms with Gasteiger partial charge in [-0.1, -0.05) is 11.6 Å². The molecule has 0 spiro atoms. The van der Waals surface area contributed by atoms with Crippen molar-refractivity contribution in [2.75, 3.05) is 25.5 Å². The lowest BCUT2D eigenvalue weighted by atomic mass is 10.2. The molecule has 0 heterocycles. The Morgan fingerprint density at radius 2 is 2.26 bits per heavy atom. The van der Waals surface area contributed by atoms with Crippen molar-refractivity contribution in [3.05, 3.63) is 28.8 Å². The number of carbonyl (C=O) groups excluding carboxylic acids is 1. The van der Waals surface area contributed by atoms with Crippen LogP contribution in [0.2, 0.25) is 5.02 Å². The molecule has 1 aromatic rings. The van der Waals surface area contributed by atoms with Crippen LogP contribution in [0.25, 0.3) is 0 Å². The fraction of sp³-hybridized carbons (Fsp3) is 0.500. The summed E-state index contributed by atoms with van der Waals surface area (Å²) in [4.78, 5) is 11.8. The van der Waals surface area contributed by atoms with Crippen molar-refractivity contribution < 1.29 is 9.53 Å². The second-order valence-corrected chi connectivity index (χ2v) is 5.27. The van der Waals surface area contributed by atoms with Gasteiger partial charge in [0.2, 0.25) is 0 Å². The number of nitrogens with one attached hydrogen (secondary N) is 1. The smallest absolute Gasteiger partial charge is 0.251 e. The molecule has 0 aromatic heterocycles. The predicted octanol–water partition coefficient (Wildman–Crippen LogP) is 2.47. The van der Waals surface area contributed by atoms with Crippen molar-refractivity contribution in [3.8, 4) is 0 Å². The van der Waals surface area contributed by atoms with Gasteiger partial charge in [0, 0.05) is 25.3 Å². The molecular weight excluding hydrogens is 264 g/mol. The molecule has 3 N–H and O–H groups in total. The molecule has 4 nitrogen and oxygen atoms in total. The number of carbonyl (C=O) groups is 1. The number of rotatable bonds is 7. The average Bonchev–Trinajstić information content (AvgIpc) is 3.20. The molecule has 1 saturated carbocycles. The van der Waals surface area contributed by atoms with E-state index < -0.39 is 0 Å². The van der Waals surface area contributed by atoms with Crippen LogP contribution in [0.3, 0.4) is 0 Å². The molecule has 0 radical (unpaired) electrons. The van der Waals surface area contributed by atoms with Crippen molar-refractivity contribution in [2.24, 2.45) is 5.92 Å². The zero-order chi connectivity index (χ0) is 13.7. The van der Waals surface area contributed by atoms with Crippen LogP contribution in [0.4, 0.5) is 5.69 Å². The number of halogens is 1. The quantitative estimate of drug-likeness (QED) is 0.596. The Hall–Kier alpha value is -1.26. The maximum Gasteiger partial charge on any atom is 0.251 e. The second kappa shape index (κ2) is 6.78. The van der Waals surface area contributed by atoms with Crippen LogP contribution in [0.1, 0.15) is 29.6 Å². The van der Waals surface area contributed by atoms with E-state index in [2.05, 4.69) is 5.32 Å². The van der Waals surface area contributed by atoms with Crippen LogP contribution in [0.15, 0.2) is 18.2 Å². The lowest BCUT2D eigenvalue weighted by Gasteiger charge is -2.07. The van der Waals surface area contributed by atoms with E-state index in [-0.39, 0.29) is 5.91 Å². The number of amides is 1. The summed E-state index contributed by atoms with van der Waals surface area (Å²) in [7, 11) is 0. The molecule has 0 bridgehead atoms. The number of hydrogen-bond acceptors (Lipinski definition) is 3. The molecule has 1 aliphatic carbocycles. The van der Waals surface area contributed by atoms with Crippen LogP contribution in [-0.4, -0.2) is 25.7 Å². The summed E-state index contributed by atoms with van der Waals surface area (Å²) < 4.78 is 5.49. The Morgan fingerprint density at radius 3 is 2.95 bits per heavy atom. The van der Waals surface area contributed by atoms with E-state index in [4.69, 9.17) is 22.1 Å². The van der Waals surface area contributed by atoms with Crippen LogP contribution >= 0.6 is 11.6 Å². The number of anilines is 1. The Morgan fingerprint density at radius 1 is 1.47 bits per heavy atom. The van der Waals surface area contributed by atoms with Crippen LogP contribution < -0.4 is 11.1 Å². The topological polar surface area (TPSA) is 64.4 Å². The van der Waals surface area contributed by atoms with Crippen molar-refractivity contribution >= 4 is 23.2 Å². The van der Waals surface area contributed by atoms with Crippen LogP contribution in [0, 0.1) is 5.92 Å². The van der Waals surface area contributed by atoms with E-state index in [1.54, 1.807) is 18.2 Å². The van der Waals surface area contributed by atoms with Gasteiger partial charge in [0.05, 0.1) is 10.7 Å². The zero-order valence-electron chi connectivity index (χ0n) is 10.8. The van der Waals surface area contributed by atoms with Gasteiger partial charge in [0.15, 0.2) is 0 Å². The summed E-state index contributed by atoms with van der Waals surface area (Å²) in [6.07, 6.45) is 3.42. The van der Waals surface area contributed by atoms with Gasteiger partial charge >= 0.3 is 0 Å². The largest absolute Gasteiger partial charge is 0.398 e. The molecule has 0 atom stereocenters. The molecule has 1 fully saturated rings. The van der Waals surface area contributed by atoms with Crippen molar-refractivity contribution in [3.63, 3.8) is 0 Å². The molecule has 1 aromatic carbocycles. The van der Waals surface area contributed by atoms with E-state index in [0.29, 0.717) is 29.4 Å². The van der Waals surface area contributed by atoms with Crippen molar-refractivity contribution in [2.45, 2.75) is 19.3 Å². The van der Waals surface area contributed by atoms with Gasteiger partial charge in [0.1, 0.15) is 0 Å². The molecule has 2 rings (SSSR count). The van der Waals surface area contributed by atoms with Crippen LogP contribution in [0.5, 0.6) is 0 Å². The van der Waals surface area contributed by atoms with Crippen LogP contribution in [-0.2, 0) is 4.74 Å². The first kappa shape index (κ1) is 14.2. The molecule has 1 aliphatic rings. The summed E-state index contributed by atoms with van der Waals surface area (Å²) >= 11 is 5.80. The first-order chi connectivity index (χ1) is 9.16. The Labute approximate surface area is 118 Å². The molecule has 0 unspecified atom stereocenters. The molecule has 19 heavy (non-hydrogen) atoms. The second-order valence-electron chi connectivity index (χ2n) is 4.86. The van der Waals surface area contributed by atoms with E-state index in [9.17, 15) is 4.79 Å². The van der Waals surface area contributed by atoms with Crippen molar-refractivity contribution in [1.29, 1.82) is 0 Å². The number of benzene rings is 1. The number of nitrogens with two attached hydrogens (primary N) is 1. The first-order valence-electron chi connectivity index (χ1n) is 6.58. The minimum atomic E-state index is -0.134. The molecule has 1 amide bonds. The highest BCUT2D eigenvalue weighted by Gasteiger charge is 2.20. The number of ether oxygens (including phenoxy) is 1.